The first-order valence-corrected chi connectivity index (χ1v) is 6.33. The molecule has 19 heavy (non-hydrogen) atoms. The first-order valence-electron chi connectivity index (χ1n) is 5.33. The second-order valence-electron chi connectivity index (χ2n) is 3.37. The normalized spacial score (nSPS) is 12.7. The van der Waals surface area contributed by atoms with Gasteiger partial charge in [-0.25, -0.2) is 9.97 Å². The highest BCUT2D eigenvalue weighted by Gasteiger charge is 2.09. The molecule has 0 amide bonds. The van der Waals surface area contributed by atoms with E-state index in [2.05, 4.69) is 19.9 Å². The molecule has 0 fully saturated rings. The van der Waals surface area contributed by atoms with Gasteiger partial charge in [0.1, 0.15) is 6.61 Å². The molecule has 4 N–H and O–H groups in total. The van der Waals surface area contributed by atoms with E-state index in [0.717, 1.165) is 0 Å². The molecule has 0 aliphatic rings. The maximum atomic E-state index is 11.1. The van der Waals surface area contributed by atoms with Crippen LogP contribution in [0.4, 0.5) is 11.8 Å². The molecule has 2 aromatic rings. The molecule has 1 unspecified atom stereocenters. The lowest BCUT2D eigenvalue weighted by Crippen LogP contribution is -2.06. The van der Waals surface area contributed by atoms with Crippen LogP contribution in [-0.2, 0) is 26.3 Å². The maximum Gasteiger partial charge on any atom is 0.304 e. The smallest absolute Gasteiger partial charge is 0.304 e. The number of hydrogen-bond acceptors (Lipinski definition) is 9. The topological polar surface area (TPSA) is 139 Å². The minimum atomic E-state index is -1.81. The molecule has 0 radical (unpaired) electrons. The molecule has 0 aromatic carbocycles. The van der Waals surface area contributed by atoms with Gasteiger partial charge in [0, 0.05) is 0 Å². The van der Waals surface area contributed by atoms with E-state index in [1.54, 1.807) is 6.92 Å². The van der Waals surface area contributed by atoms with E-state index in [-0.39, 0.29) is 25.0 Å². The summed E-state index contributed by atoms with van der Waals surface area (Å²) in [6.07, 6.45) is 1.43. The molecule has 0 aliphatic carbocycles. The quantitative estimate of drug-likeness (QED) is 0.758. The summed E-state index contributed by atoms with van der Waals surface area (Å²) in [6, 6.07) is 0. The summed E-state index contributed by atoms with van der Waals surface area (Å²) in [4.78, 5) is 15.9. The van der Waals surface area contributed by atoms with Crippen molar-refractivity contribution < 1.29 is 12.6 Å². The Kier molecular flexibility index (Phi) is 4.14. The second-order valence-corrected chi connectivity index (χ2v) is 4.25. The van der Waals surface area contributed by atoms with Crippen LogP contribution >= 0.6 is 0 Å². The molecular formula is C9H12N6O3S. The highest BCUT2D eigenvalue weighted by Crippen LogP contribution is 2.14. The van der Waals surface area contributed by atoms with Crippen LogP contribution in [0.1, 0.15) is 12.6 Å². The van der Waals surface area contributed by atoms with Crippen LogP contribution in [0.3, 0.4) is 0 Å². The molecule has 0 bridgehead atoms. The average molecular weight is 284 g/mol. The minimum Gasteiger partial charge on any atom is -0.382 e. The van der Waals surface area contributed by atoms with Crippen LogP contribution < -0.4 is 11.5 Å². The largest absolute Gasteiger partial charge is 0.382 e. The van der Waals surface area contributed by atoms with Gasteiger partial charge in [0.05, 0.1) is 18.5 Å². The number of nitrogen functional groups attached to an aromatic ring is 2. The summed E-state index contributed by atoms with van der Waals surface area (Å²) in [6.45, 7) is 1.97. The van der Waals surface area contributed by atoms with Crippen LogP contribution in [0.25, 0.3) is 11.2 Å². The van der Waals surface area contributed by atoms with Crippen LogP contribution in [0.15, 0.2) is 6.20 Å². The lowest BCUT2D eigenvalue weighted by Gasteiger charge is -2.04. The molecule has 2 aromatic heterocycles. The fraction of sp³-hybridized carbons (Fsp3) is 0.333. The Labute approximate surface area is 111 Å². The highest BCUT2D eigenvalue weighted by molar-refractivity contribution is 7.75. The molecule has 0 aliphatic heterocycles. The molecule has 2 rings (SSSR count). The van der Waals surface area contributed by atoms with Gasteiger partial charge in [0.2, 0.25) is 5.95 Å². The third-order valence-electron chi connectivity index (χ3n) is 2.02. The number of fused-ring (bicyclic) bond motifs is 1. The van der Waals surface area contributed by atoms with E-state index in [1.165, 1.54) is 6.20 Å². The van der Waals surface area contributed by atoms with E-state index in [9.17, 15) is 4.21 Å². The van der Waals surface area contributed by atoms with Crippen molar-refractivity contribution in [2.45, 2.75) is 13.5 Å². The van der Waals surface area contributed by atoms with E-state index in [4.69, 9.17) is 19.8 Å². The van der Waals surface area contributed by atoms with Crippen molar-refractivity contribution in [2.24, 2.45) is 0 Å². The van der Waals surface area contributed by atoms with Crippen LogP contribution in [-0.4, -0.2) is 30.8 Å². The number of aromatic nitrogens is 4. The molecule has 1 atom stereocenters. The lowest BCUT2D eigenvalue weighted by atomic mass is 10.4. The molecule has 0 saturated carbocycles. The molecule has 2 heterocycles. The van der Waals surface area contributed by atoms with Crippen molar-refractivity contribution >= 4 is 34.3 Å². The summed E-state index contributed by atoms with van der Waals surface area (Å²) in [7, 11) is 0. The summed E-state index contributed by atoms with van der Waals surface area (Å²) in [5.41, 5.74) is 12.2. The molecule has 10 heteroatoms. The number of hydrogen-bond donors (Lipinski definition) is 2. The monoisotopic (exact) mass is 284 g/mol. The number of rotatable bonds is 5. The number of anilines is 2. The van der Waals surface area contributed by atoms with E-state index in [0.29, 0.717) is 16.9 Å². The Balaban J connectivity index is 2.20. The van der Waals surface area contributed by atoms with Crippen molar-refractivity contribution in [1.82, 2.24) is 19.9 Å². The SMILES string of the molecule is CCOS(=O)OCc1cnc2nc(N)nc(N)c2n1. The Morgan fingerprint density at radius 2 is 2.05 bits per heavy atom. The molecule has 0 saturated heterocycles. The number of nitrogens with two attached hydrogens (primary N) is 2. The standard InChI is InChI=1S/C9H12N6O3S/c1-2-17-19(16)18-4-5-3-12-8-6(13-5)7(10)14-9(11)15-8/h3H,2,4H2,1H3,(H4,10,11,12,14,15). The van der Waals surface area contributed by atoms with E-state index in [1.807, 2.05) is 0 Å². The van der Waals surface area contributed by atoms with E-state index >= 15 is 0 Å². The van der Waals surface area contributed by atoms with Crippen LogP contribution in [0.5, 0.6) is 0 Å². The van der Waals surface area contributed by atoms with Gasteiger partial charge >= 0.3 is 11.4 Å². The van der Waals surface area contributed by atoms with Crippen molar-refractivity contribution in [3.8, 4) is 0 Å². The summed E-state index contributed by atoms with van der Waals surface area (Å²) in [5, 5.41) is 0. The molecule has 0 spiro atoms. The summed E-state index contributed by atoms with van der Waals surface area (Å²) >= 11 is -1.81. The van der Waals surface area contributed by atoms with Crippen LogP contribution in [0.2, 0.25) is 0 Å². The zero-order valence-corrected chi connectivity index (χ0v) is 10.9. The van der Waals surface area contributed by atoms with Crippen molar-refractivity contribution in [3.63, 3.8) is 0 Å². The minimum absolute atomic E-state index is 0.0284. The van der Waals surface area contributed by atoms with Crippen molar-refractivity contribution in [3.05, 3.63) is 11.9 Å². The van der Waals surface area contributed by atoms with Gasteiger partial charge < -0.3 is 11.5 Å². The zero-order chi connectivity index (χ0) is 13.8. The first-order chi connectivity index (χ1) is 9.10. The Bertz CT molecular complexity index is 622. The fourth-order valence-electron chi connectivity index (χ4n) is 1.29. The van der Waals surface area contributed by atoms with E-state index < -0.39 is 11.4 Å². The van der Waals surface area contributed by atoms with Gasteiger partial charge in [-0.05, 0) is 6.92 Å². The Morgan fingerprint density at radius 3 is 2.79 bits per heavy atom. The number of nitrogens with zero attached hydrogens (tertiary/aromatic N) is 4. The molecular weight excluding hydrogens is 272 g/mol. The maximum absolute atomic E-state index is 11.1. The van der Waals surface area contributed by atoms with Gasteiger partial charge in [-0.15, -0.1) is 0 Å². The van der Waals surface area contributed by atoms with Crippen LogP contribution in [0, 0.1) is 0 Å². The van der Waals surface area contributed by atoms with Gasteiger partial charge in [-0.2, -0.15) is 14.2 Å². The molecule has 9 nitrogen and oxygen atoms in total. The predicted octanol–water partition coefficient (Wildman–Crippen LogP) is -0.284. The summed E-state index contributed by atoms with van der Waals surface area (Å²) < 4.78 is 20.8. The van der Waals surface area contributed by atoms with Crippen molar-refractivity contribution in [1.29, 1.82) is 0 Å². The first kappa shape index (κ1) is 13.5. The lowest BCUT2D eigenvalue weighted by molar-refractivity contribution is 0.249. The average Bonchev–Trinajstić information content (AvgIpc) is 2.37. The zero-order valence-electron chi connectivity index (χ0n) is 10.1. The highest BCUT2D eigenvalue weighted by atomic mass is 32.2. The third-order valence-corrected chi connectivity index (χ3v) is 2.76. The Hall–Kier alpha value is -1.91. The third kappa shape index (κ3) is 3.30. The predicted molar refractivity (Wildman–Crippen MR) is 68.5 cm³/mol. The fourth-order valence-corrected chi connectivity index (χ4v) is 1.77. The van der Waals surface area contributed by atoms with Crippen molar-refractivity contribution in [2.75, 3.05) is 18.1 Å². The second kappa shape index (κ2) is 5.82. The van der Waals surface area contributed by atoms with Gasteiger partial charge in [-0.3, -0.25) is 8.37 Å². The van der Waals surface area contributed by atoms with Gasteiger partial charge in [-0.1, -0.05) is 0 Å². The van der Waals surface area contributed by atoms with Gasteiger partial charge in [0.15, 0.2) is 17.0 Å². The van der Waals surface area contributed by atoms with Gasteiger partial charge in [0.25, 0.3) is 0 Å². The Morgan fingerprint density at radius 1 is 1.26 bits per heavy atom. The molecule has 102 valence electrons. The summed E-state index contributed by atoms with van der Waals surface area (Å²) in [5.74, 6) is 0.156.